The number of benzene rings is 3. The van der Waals surface area contributed by atoms with Gasteiger partial charge in [0.05, 0.1) is 31.4 Å². The van der Waals surface area contributed by atoms with Crippen LogP contribution in [0.2, 0.25) is 0 Å². The molecule has 0 bridgehead atoms. The first-order valence-corrected chi connectivity index (χ1v) is 10.1. The second-order valence-corrected chi connectivity index (χ2v) is 7.59. The first-order valence-electron chi connectivity index (χ1n) is 10.1. The van der Waals surface area contributed by atoms with Gasteiger partial charge in [-0.15, -0.1) is 0 Å². The van der Waals surface area contributed by atoms with Gasteiger partial charge in [-0.1, -0.05) is 24.3 Å². The molecule has 2 heterocycles. The van der Waals surface area contributed by atoms with Crippen molar-refractivity contribution in [1.29, 1.82) is 0 Å². The van der Waals surface area contributed by atoms with E-state index in [4.69, 9.17) is 9.47 Å². The highest BCUT2D eigenvalue weighted by Gasteiger charge is 2.57. The molecule has 0 spiro atoms. The Bertz CT molecular complexity index is 1180. The Balaban J connectivity index is 1.56. The zero-order valence-electron chi connectivity index (χ0n) is 17.5. The molecule has 0 radical (unpaired) electrons. The van der Waals surface area contributed by atoms with Crippen molar-refractivity contribution >= 4 is 23.4 Å². The van der Waals surface area contributed by atoms with Crippen molar-refractivity contribution in [3.63, 3.8) is 0 Å². The maximum Gasteiger partial charge on any atom is 0.262 e. The molecular weight excluding hydrogens is 408 g/mol. The highest BCUT2D eigenvalue weighted by Crippen LogP contribution is 2.44. The summed E-state index contributed by atoms with van der Waals surface area (Å²) in [5.41, 5.74) is 2.09. The Morgan fingerprint density at radius 2 is 1.12 bits per heavy atom. The molecule has 0 N–H and O–H groups in total. The Hall–Kier alpha value is -4.13. The second-order valence-electron chi connectivity index (χ2n) is 7.59. The molecule has 3 aromatic rings. The van der Waals surface area contributed by atoms with Crippen molar-refractivity contribution in [1.82, 2.24) is 4.90 Å². The topological polar surface area (TPSA) is 76.2 Å². The van der Waals surface area contributed by atoms with Crippen molar-refractivity contribution in [2.45, 2.75) is 12.1 Å². The van der Waals surface area contributed by atoms with Gasteiger partial charge in [0, 0.05) is 5.69 Å². The highest BCUT2D eigenvalue weighted by molar-refractivity contribution is 6.24. The number of carbonyl (C=O) groups is 3. The molecular formula is C25H20N2O5. The maximum absolute atomic E-state index is 13.4. The number of carbonyl (C=O) groups excluding carboxylic acids is 3. The fourth-order valence-corrected chi connectivity index (χ4v) is 4.35. The van der Waals surface area contributed by atoms with E-state index in [9.17, 15) is 14.4 Å². The van der Waals surface area contributed by atoms with Crippen LogP contribution in [0.5, 0.6) is 11.5 Å². The van der Waals surface area contributed by atoms with Crippen molar-refractivity contribution < 1.29 is 23.9 Å². The number of β-lactam (4-membered cyclic amide) rings is 1. The normalized spacial score (nSPS) is 19.6. The second kappa shape index (κ2) is 7.53. The first kappa shape index (κ1) is 19.8. The molecule has 3 amide bonds. The van der Waals surface area contributed by atoms with E-state index < -0.39 is 23.9 Å². The van der Waals surface area contributed by atoms with Gasteiger partial charge < -0.3 is 14.4 Å². The van der Waals surface area contributed by atoms with Gasteiger partial charge in [-0.05, 0) is 54.1 Å². The molecule has 5 rings (SSSR count). The molecule has 2 unspecified atom stereocenters. The van der Waals surface area contributed by atoms with E-state index in [2.05, 4.69) is 0 Å². The zero-order valence-corrected chi connectivity index (χ0v) is 17.5. The smallest absolute Gasteiger partial charge is 0.262 e. The van der Waals surface area contributed by atoms with Crippen molar-refractivity contribution in [3.8, 4) is 11.5 Å². The average molecular weight is 428 g/mol. The molecule has 160 valence electrons. The zero-order chi connectivity index (χ0) is 22.4. The molecule has 0 saturated carbocycles. The SMILES string of the molecule is COc1ccc(C2C(N3C(=O)c4ccccc4C3=O)C(=O)N2c2ccc(OC)cc2)cc1. The van der Waals surface area contributed by atoms with Gasteiger partial charge >= 0.3 is 0 Å². The molecule has 0 aromatic heterocycles. The minimum atomic E-state index is -0.933. The van der Waals surface area contributed by atoms with Crippen LogP contribution in [-0.2, 0) is 4.79 Å². The third-order valence-corrected chi connectivity index (χ3v) is 5.98. The average Bonchev–Trinajstić information content (AvgIpc) is 3.08. The van der Waals surface area contributed by atoms with Crippen molar-refractivity contribution in [3.05, 3.63) is 89.5 Å². The molecule has 2 aliphatic rings. The molecule has 7 heteroatoms. The number of methoxy groups -OCH3 is 2. The minimum absolute atomic E-state index is 0.314. The van der Waals surface area contributed by atoms with Gasteiger partial charge in [0.1, 0.15) is 17.5 Å². The van der Waals surface area contributed by atoms with Crippen LogP contribution in [0.15, 0.2) is 72.8 Å². The van der Waals surface area contributed by atoms with E-state index in [1.165, 1.54) is 0 Å². The number of hydrogen-bond acceptors (Lipinski definition) is 5. The van der Waals surface area contributed by atoms with E-state index in [0.717, 1.165) is 10.5 Å². The van der Waals surface area contributed by atoms with Gasteiger partial charge in [-0.3, -0.25) is 19.3 Å². The summed E-state index contributed by atoms with van der Waals surface area (Å²) >= 11 is 0. The highest BCUT2D eigenvalue weighted by atomic mass is 16.5. The van der Waals surface area contributed by atoms with Crippen LogP contribution in [0.3, 0.4) is 0 Å². The summed E-state index contributed by atoms with van der Waals surface area (Å²) in [5, 5.41) is 0. The van der Waals surface area contributed by atoms with Gasteiger partial charge in [-0.2, -0.15) is 0 Å². The van der Waals surface area contributed by atoms with Crippen molar-refractivity contribution in [2.75, 3.05) is 19.1 Å². The number of rotatable bonds is 5. The molecule has 3 aromatic carbocycles. The van der Waals surface area contributed by atoms with E-state index in [-0.39, 0.29) is 5.91 Å². The summed E-state index contributed by atoms with van der Waals surface area (Å²) < 4.78 is 10.5. The van der Waals surface area contributed by atoms with E-state index in [1.54, 1.807) is 79.8 Å². The molecule has 1 fully saturated rings. The number of fused-ring (bicyclic) bond motifs is 1. The lowest BCUT2D eigenvalue weighted by Gasteiger charge is -2.49. The fourth-order valence-electron chi connectivity index (χ4n) is 4.35. The summed E-state index contributed by atoms with van der Waals surface area (Å²) in [6.45, 7) is 0. The summed E-state index contributed by atoms with van der Waals surface area (Å²) in [5.74, 6) is 0.131. The lowest BCUT2D eigenvalue weighted by atomic mass is 9.86. The van der Waals surface area contributed by atoms with E-state index >= 15 is 0 Å². The number of ether oxygens (including phenoxy) is 2. The summed E-state index contributed by atoms with van der Waals surface area (Å²) in [4.78, 5) is 42.3. The maximum atomic E-state index is 13.4. The Morgan fingerprint density at radius 3 is 1.62 bits per heavy atom. The third-order valence-electron chi connectivity index (χ3n) is 5.98. The van der Waals surface area contributed by atoms with Gasteiger partial charge in [0.25, 0.3) is 17.7 Å². The molecule has 0 aliphatic carbocycles. The van der Waals surface area contributed by atoms with Crippen LogP contribution >= 0.6 is 0 Å². The molecule has 2 atom stereocenters. The van der Waals surface area contributed by atoms with Crippen LogP contribution in [0.4, 0.5) is 5.69 Å². The number of amides is 3. The predicted molar refractivity (Wildman–Crippen MR) is 117 cm³/mol. The van der Waals surface area contributed by atoms with Crippen LogP contribution in [0.25, 0.3) is 0 Å². The predicted octanol–water partition coefficient (Wildman–Crippen LogP) is 3.46. The van der Waals surface area contributed by atoms with Crippen LogP contribution in [-0.4, -0.2) is 42.9 Å². The molecule has 2 aliphatic heterocycles. The van der Waals surface area contributed by atoms with Gasteiger partial charge in [0.2, 0.25) is 0 Å². The van der Waals surface area contributed by atoms with Crippen molar-refractivity contribution in [2.24, 2.45) is 0 Å². The quantitative estimate of drug-likeness (QED) is 0.460. The van der Waals surface area contributed by atoms with E-state index in [1.807, 2.05) is 12.1 Å². The van der Waals surface area contributed by atoms with Crippen LogP contribution in [0, 0.1) is 0 Å². The van der Waals surface area contributed by atoms with Crippen LogP contribution < -0.4 is 14.4 Å². The third kappa shape index (κ3) is 2.85. The summed E-state index contributed by atoms with van der Waals surface area (Å²) in [7, 11) is 3.15. The standard InChI is InChI=1S/C25H20N2O5/c1-31-17-11-7-15(8-12-17)21-22(25(30)26(21)16-9-13-18(32-2)14-10-16)27-23(28)19-5-3-4-6-20(19)24(27)29/h3-14,21-22H,1-2H3. The summed E-state index contributed by atoms with van der Waals surface area (Å²) in [6, 6.07) is 19.6. The molecule has 32 heavy (non-hydrogen) atoms. The Morgan fingerprint density at radius 1 is 0.625 bits per heavy atom. The van der Waals surface area contributed by atoms with Gasteiger partial charge in [0.15, 0.2) is 0 Å². The first-order chi connectivity index (χ1) is 15.5. The Kier molecular flexibility index (Phi) is 4.66. The Labute approximate surface area is 184 Å². The lowest BCUT2D eigenvalue weighted by molar-refractivity contribution is -0.130. The van der Waals surface area contributed by atoms with E-state index in [0.29, 0.717) is 28.3 Å². The largest absolute Gasteiger partial charge is 0.497 e. The lowest BCUT2D eigenvalue weighted by Crippen LogP contribution is -2.67. The molecule has 1 saturated heterocycles. The number of hydrogen-bond donors (Lipinski definition) is 0. The monoisotopic (exact) mass is 428 g/mol. The number of anilines is 1. The number of nitrogens with zero attached hydrogens (tertiary/aromatic N) is 2. The minimum Gasteiger partial charge on any atom is -0.497 e. The van der Waals surface area contributed by atoms with Crippen LogP contribution in [0.1, 0.15) is 32.3 Å². The summed E-state index contributed by atoms with van der Waals surface area (Å²) in [6.07, 6.45) is 0. The molecule has 7 nitrogen and oxygen atoms in total. The number of imide groups is 1. The fraction of sp³-hybridized carbons (Fsp3) is 0.160. The van der Waals surface area contributed by atoms with Gasteiger partial charge in [-0.25, -0.2) is 0 Å².